The number of aromatic nitrogens is 1. The number of ether oxygens (including phenoxy) is 2. The van der Waals surface area contributed by atoms with Gasteiger partial charge in [-0.2, -0.15) is 0 Å². The molecule has 8 heteroatoms. The van der Waals surface area contributed by atoms with Gasteiger partial charge in [-0.05, 0) is 48.9 Å². The second-order valence-corrected chi connectivity index (χ2v) is 9.56. The molecule has 36 heavy (non-hydrogen) atoms. The van der Waals surface area contributed by atoms with E-state index in [-0.39, 0.29) is 31.7 Å². The van der Waals surface area contributed by atoms with E-state index in [1.165, 1.54) is 11.3 Å². The minimum atomic E-state index is -0.220. The first kappa shape index (κ1) is 25.7. The molecule has 1 atom stereocenters. The van der Waals surface area contributed by atoms with Gasteiger partial charge in [0.2, 0.25) is 0 Å². The van der Waals surface area contributed by atoms with Gasteiger partial charge in [-0.15, -0.1) is 11.3 Å². The summed E-state index contributed by atoms with van der Waals surface area (Å²) in [5, 5.41) is 12.4. The predicted molar refractivity (Wildman–Crippen MR) is 142 cm³/mol. The van der Waals surface area contributed by atoms with Crippen molar-refractivity contribution in [3.05, 3.63) is 111 Å². The van der Waals surface area contributed by atoms with Gasteiger partial charge in [0.15, 0.2) is 0 Å². The molecule has 1 amide bonds. The van der Waals surface area contributed by atoms with Crippen molar-refractivity contribution in [1.29, 1.82) is 0 Å². The number of hydrogen-bond donors (Lipinski definition) is 1. The van der Waals surface area contributed by atoms with Gasteiger partial charge in [0, 0.05) is 21.5 Å². The van der Waals surface area contributed by atoms with Crippen molar-refractivity contribution in [2.75, 3.05) is 7.11 Å². The van der Waals surface area contributed by atoms with E-state index in [9.17, 15) is 9.90 Å². The van der Waals surface area contributed by atoms with Crippen molar-refractivity contribution in [2.45, 2.75) is 32.7 Å². The zero-order valence-corrected chi connectivity index (χ0v) is 21.6. The van der Waals surface area contributed by atoms with Gasteiger partial charge in [-0.25, -0.2) is 4.98 Å². The van der Waals surface area contributed by atoms with Crippen LogP contribution in [0.5, 0.6) is 11.5 Å². The lowest BCUT2D eigenvalue weighted by atomic mass is 10.0. The second-order valence-electron chi connectivity index (χ2n) is 8.18. The molecular weight excluding hydrogens is 496 g/mol. The van der Waals surface area contributed by atoms with Crippen LogP contribution in [0.1, 0.15) is 45.2 Å². The van der Waals surface area contributed by atoms with Crippen LogP contribution < -0.4 is 9.47 Å². The molecule has 0 aliphatic rings. The van der Waals surface area contributed by atoms with Crippen molar-refractivity contribution in [2.24, 2.45) is 0 Å². The van der Waals surface area contributed by atoms with E-state index >= 15 is 0 Å². The van der Waals surface area contributed by atoms with Gasteiger partial charge in [0.05, 0.1) is 32.0 Å². The molecule has 4 aromatic rings. The van der Waals surface area contributed by atoms with Crippen molar-refractivity contribution in [1.82, 2.24) is 9.88 Å². The Hall–Kier alpha value is -3.39. The topological polar surface area (TPSA) is 71.9 Å². The summed E-state index contributed by atoms with van der Waals surface area (Å²) in [6.07, 6.45) is 0. The van der Waals surface area contributed by atoms with E-state index in [0.29, 0.717) is 27.8 Å². The molecule has 0 bridgehead atoms. The van der Waals surface area contributed by atoms with Gasteiger partial charge in [0.25, 0.3) is 5.91 Å². The standard InChI is InChI=1S/C28H27ClN2O4S/c1-19(20-7-4-3-5-8-20)31(28(33)21-9-6-10-25(14-21)34-2)15-22-13-23(29)11-12-26(22)35-17-27-30-24(16-32)18-36-27/h3-14,18-19,32H,15-17H2,1-2H3. The molecule has 0 saturated heterocycles. The fraction of sp³-hybridized carbons (Fsp3) is 0.214. The average Bonchev–Trinajstić information content (AvgIpc) is 3.39. The molecule has 0 aliphatic heterocycles. The predicted octanol–water partition coefficient (Wildman–Crippen LogP) is 6.28. The lowest BCUT2D eigenvalue weighted by Gasteiger charge is -2.31. The van der Waals surface area contributed by atoms with E-state index in [0.717, 1.165) is 16.1 Å². The van der Waals surface area contributed by atoms with E-state index in [2.05, 4.69) is 4.98 Å². The molecule has 186 valence electrons. The molecule has 4 rings (SSSR count). The van der Waals surface area contributed by atoms with Crippen LogP contribution in [0.4, 0.5) is 0 Å². The summed E-state index contributed by atoms with van der Waals surface area (Å²) in [5.41, 5.74) is 2.93. The van der Waals surface area contributed by atoms with Crippen LogP contribution >= 0.6 is 22.9 Å². The van der Waals surface area contributed by atoms with Crippen LogP contribution in [-0.2, 0) is 19.8 Å². The van der Waals surface area contributed by atoms with E-state index in [1.54, 1.807) is 47.7 Å². The number of carbonyl (C=O) groups excluding carboxylic acids is 1. The number of rotatable bonds is 10. The molecular formula is C28H27ClN2O4S. The Morgan fingerprint density at radius 3 is 2.64 bits per heavy atom. The number of aliphatic hydroxyl groups is 1. The SMILES string of the molecule is COc1cccc(C(=O)N(Cc2cc(Cl)ccc2OCc2nc(CO)cs2)C(C)c2ccccc2)c1. The number of methoxy groups -OCH3 is 1. The number of aliphatic hydroxyl groups excluding tert-OH is 1. The normalized spacial score (nSPS) is 11.7. The second kappa shape index (κ2) is 12.0. The maximum Gasteiger partial charge on any atom is 0.254 e. The summed E-state index contributed by atoms with van der Waals surface area (Å²) < 4.78 is 11.4. The largest absolute Gasteiger partial charge is 0.497 e. The molecule has 0 spiro atoms. The number of benzene rings is 3. The van der Waals surface area contributed by atoms with Gasteiger partial charge >= 0.3 is 0 Å². The Morgan fingerprint density at radius 2 is 1.92 bits per heavy atom. The highest BCUT2D eigenvalue weighted by molar-refractivity contribution is 7.09. The molecule has 0 saturated carbocycles. The zero-order valence-electron chi connectivity index (χ0n) is 20.1. The lowest BCUT2D eigenvalue weighted by Crippen LogP contribution is -2.33. The number of halogens is 1. The molecule has 1 aromatic heterocycles. The summed E-state index contributed by atoms with van der Waals surface area (Å²) in [6, 6.07) is 22.2. The lowest BCUT2D eigenvalue weighted by molar-refractivity contribution is 0.0671. The van der Waals surface area contributed by atoms with Crippen molar-refractivity contribution < 1.29 is 19.4 Å². The van der Waals surface area contributed by atoms with Gasteiger partial charge in [-0.1, -0.05) is 48.0 Å². The minimum Gasteiger partial charge on any atom is -0.497 e. The van der Waals surface area contributed by atoms with Crippen molar-refractivity contribution in [3.63, 3.8) is 0 Å². The first-order valence-electron chi connectivity index (χ1n) is 11.4. The van der Waals surface area contributed by atoms with E-state index < -0.39 is 0 Å². The highest BCUT2D eigenvalue weighted by Crippen LogP contribution is 2.31. The summed E-state index contributed by atoms with van der Waals surface area (Å²) >= 11 is 7.78. The number of amides is 1. The first-order chi connectivity index (χ1) is 17.5. The van der Waals surface area contributed by atoms with Gasteiger partial charge < -0.3 is 19.5 Å². The monoisotopic (exact) mass is 522 g/mol. The zero-order chi connectivity index (χ0) is 25.5. The Kier molecular flexibility index (Phi) is 8.59. The van der Waals surface area contributed by atoms with E-state index in [1.807, 2.05) is 49.4 Å². The fourth-order valence-electron chi connectivity index (χ4n) is 3.84. The number of hydrogen-bond acceptors (Lipinski definition) is 6. The maximum atomic E-state index is 13.8. The third-order valence-corrected chi connectivity index (χ3v) is 6.91. The molecule has 1 unspecified atom stereocenters. The van der Waals surface area contributed by atoms with Crippen LogP contribution in [0, 0.1) is 0 Å². The quantitative estimate of drug-likeness (QED) is 0.265. The summed E-state index contributed by atoms with van der Waals surface area (Å²) in [7, 11) is 1.58. The average molecular weight is 523 g/mol. The number of carbonyl (C=O) groups is 1. The number of nitrogens with zero attached hydrogens (tertiary/aromatic N) is 2. The first-order valence-corrected chi connectivity index (χ1v) is 12.7. The molecule has 1 N–H and O–H groups in total. The Balaban J connectivity index is 1.65. The maximum absolute atomic E-state index is 13.8. The van der Waals surface area contributed by atoms with Crippen molar-refractivity contribution in [3.8, 4) is 11.5 Å². The molecule has 0 radical (unpaired) electrons. The fourth-order valence-corrected chi connectivity index (χ4v) is 4.73. The van der Waals surface area contributed by atoms with Crippen LogP contribution in [0.15, 0.2) is 78.2 Å². The molecule has 0 fully saturated rings. The highest BCUT2D eigenvalue weighted by atomic mass is 35.5. The Bertz CT molecular complexity index is 1310. The molecule has 6 nitrogen and oxygen atoms in total. The number of thiazole rings is 1. The van der Waals surface area contributed by atoms with Gasteiger partial charge in [0.1, 0.15) is 23.1 Å². The third-order valence-electron chi connectivity index (χ3n) is 5.80. The summed E-state index contributed by atoms with van der Waals surface area (Å²) in [5.74, 6) is 1.10. The Labute approximate surface area is 219 Å². The van der Waals surface area contributed by atoms with Crippen LogP contribution in [-0.4, -0.2) is 28.0 Å². The van der Waals surface area contributed by atoms with Crippen molar-refractivity contribution >= 4 is 28.8 Å². The third kappa shape index (κ3) is 6.23. The summed E-state index contributed by atoms with van der Waals surface area (Å²) in [6.45, 7) is 2.42. The molecule has 0 aliphatic carbocycles. The van der Waals surface area contributed by atoms with Crippen LogP contribution in [0.25, 0.3) is 0 Å². The van der Waals surface area contributed by atoms with Crippen LogP contribution in [0.2, 0.25) is 5.02 Å². The minimum absolute atomic E-state index is 0.110. The van der Waals surface area contributed by atoms with E-state index in [4.69, 9.17) is 21.1 Å². The smallest absolute Gasteiger partial charge is 0.254 e. The molecule has 1 heterocycles. The molecule has 3 aromatic carbocycles. The highest BCUT2D eigenvalue weighted by Gasteiger charge is 2.25. The van der Waals surface area contributed by atoms with Gasteiger partial charge in [-0.3, -0.25) is 4.79 Å². The Morgan fingerprint density at radius 1 is 1.11 bits per heavy atom. The summed E-state index contributed by atoms with van der Waals surface area (Å²) in [4.78, 5) is 20.0. The van der Waals surface area contributed by atoms with Crippen LogP contribution in [0.3, 0.4) is 0 Å².